The third-order valence-corrected chi connectivity index (χ3v) is 13.2. The Morgan fingerprint density at radius 2 is 1.19 bits per heavy atom. The second kappa shape index (κ2) is 6.64. The summed E-state index contributed by atoms with van der Waals surface area (Å²) in [5.74, 6) is 4.04. The van der Waals surface area contributed by atoms with Crippen LogP contribution in [-0.4, -0.2) is 11.2 Å². The lowest BCUT2D eigenvalue weighted by Gasteiger charge is -2.71. The van der Waals surface area contributed by atoms with Gasteiger partial charge in [-0.1, -0.05) is 53.7 Å². The number of rotatable bonds is 1. The molecular formula is C30H50O. The molecular weight excluding hydrogens is 376 g/mol. The first-order valence-electron chi connectivity index (χ1n) is 13.6. The summed E-state index contributed by atoms with van der Waals surface area (Å²) in [6.45, 7) is 22.2. The molecule has 5 aliphatic rings. The van der Waals surface area contributed by atoms with Gasteiger partial charge in [0.1, 0.15) is 0 Å². The molecule has 5 rings (SSSR count). The van der Waals surface area contributed by atoms with E-state index in [1.807, 2.05) is 0 Å². The molecule has 5 fully saturated rings. The van der Waals surface area contributed by atoms with E-state index in [1.165, 1.54) is 63.4 Å². The van der Waals surface area contributed by atoms with Gasteiger partial charge in [-0.3, -0.25) is 0 Å². The number of hydrogen-bond donors (Lipinski definition) is 1. The average molecular weight is 427 g/mol. The molecule has 0 aromatic carbocycles. The Bertz CT molecular complexity index is 766. The van der Waals surface area contributed by atoms with Gasteiger partial charge < -0.3 is 5.11 Å². The van der Waals surface area contributed by atoms with Gasteiger partial charge in [0.15, 0.2) is 0 Å². The second-order valence-corrected chi connectivity index (χ2v) is 14.9. The minimum Gasteiger partial charge on any atom is -0.393 e. The summed E-state index contributed by atoms with van der Waals surface area (Å²) in [5, 5.41) is 10.9. The number of hydrogen-bond acceptors (Lipinski definition) is 1. The lowest BCUT2D eigenvalue weighted by molar-refractivity contribution is -0.234. The molecule has 10 atom stereocenters. The van der Waals surface area contributed by atoms with Crippen LogP contribution in [0.1, 0.15) is 113 Å². The van der Waals surface area contributed by atoms with Gasteiger partial charge >= 0.3 is 0 Å². The van der Waals surface area contributed by atoms with Crippen molar-refractivity contribution >= 4 is 0 Å². The first-order valence-corrected chi connectivity index (χ1v) is 13.6. The quantitative estimate of drug-likeness (QED) is 0.421. The van der Waals surface area contributed by atoms with E-state index in [0.29, 0.717) is 27.6 Å². The summed E-state index contributed by atoms with van der Waals surface area (Å²) < 4.78 is 0. The largest absolute Gasteiger partial charge is 0.393 e. The van der Waals surface area contributed by atoms with Crippen molar-refractivity contribution in [3.05, 3.63) is 12.2 Å². The molecule has 0 radical (unpaired) electrons. The number of allylic oxidation sites excluding steroid dienone is 1. The van der Waals surface area contributed by atoms with Crippen molar-refractivity contribution in [1.29, 1.82) is 0 Å². The normalized spacial score (nSPS) is 57.9. The van der Waals surface area contributed by atoms with Crippen molar-refractivity contribution in [2.75, 3.05) is 0 Å². The van der Waals surface area contributed by atoms with Gasteiger partial charge in [0.2, 0.25) is 0 Å². The minimum atomic E-state index is -0.114. The third kappa shape index (κ3) is 2.77. The van der Waals surface area contributed by atoms with Crippen molar-refractivity contribution in [1.82, 2.24) is 0 Å². The highest BCUT2D eigenvalue weighted by Crippen LogP contribution is 2.76. The molecule has 0 aromatic heterocycles. The van der Waals surface area contributed by atoms with Crippen LogP contribution in [0.4, 0.5) is 0 Å². The fourth-order valence-corrected chi connectivity index (χ4v) is 11.7. The molecule has 0 bridgehead atoms. The van der Waals surface area contributed by atoms with E-state index in [1.54, 1.807) is 0 Å². The van der Waals surface area contributed by atoms with Crippen LogP contribution in [0.5, 0.6) is 0 Å². The predicted molar refractivity (Wildman–Crippen MR) is 131 cm³/mol. The number of aliphatic hydroxyl groups excluding tert-OH is 1. The zero-order valence-electron chi connectivity index (χ0n) is 21.7. The monoisotopic (exact) mass is 426 g/mol. The molecule has 0 heterocycles. The molecule has 1 N–H and O–H groups in total. The molecule has 0 aliphatic heterocycles. The van der Waals surface area contributed by atoms with Gasteiger partial charge in [0.25, 0.3) is 0 Å². The summed E-state index contributed by atoms with van der Waals surface area (Å²) in [6.07, 6.45) is 13.4. The highest BCUT2D eigenvalue weighted by Gasteiger charge is 2.69. The van der Waals surface area contributed by atoms with Crippen molar-refractivity contribution in [2.24, 2.45) is 56.7 Å². The van der Waals surface area contributed by atoms with Gasteiger partial charge in [-0.05, 0) is 128 Å². The van der Waals surface area contributed by atoms with Crippen LogP contribution < -0.4 is 0 Å². The van der Waals surface area contributed by atoms with Crippen LogP contribution in [0.2, 0.25) is 0 Å². The summed E-state index contributed by atoms with van der Waals surface area (Å²) in [7, 11) is 0. The zero-order valence-corrected chi connectivity index (χ0v) is 21.7. The van der Waals surface area contributed by atoms with E-state index >= 15 is 0 Å². The SMILES string of the molecule is C=C(C)[C@H]1C[C@H]2[C@@](C)(CC[C@H]3[C@]4(C)CC[C@@H]5C(C)(C)[C@@H](O)CC[C@]5(C)[C@H]4CC[C@]32C)C1. The van der Waals surface area contributed by atoms with E-state index in [2.05, 4.69) is 55.0 Å². The van der Waals surface area contributed by atoms with Crippen LogP contribution in [0.15, 0.2) is 12.2 Å². The first kappa shape index (κ1) is 22.5. The Morgan fingerprint density at radius 1 is 0.710 bits per heavy atom. The Morgan fingerprint density at radius 3 is 1.81 bits per heavy atom. The lowest BCUT2D eigenvalue weighted by Crippen LogP contribution is -2.65. The maximum atomic E-state index is 10.9. The first-order chi connectivity index (χ1) is 14.3. The number of aliphatic hydroxyl groups is 1. The Balaban J connectivity index is 1.50. The fraction of sp³-hybridized carbons (Fsp3) is 0.933. The Labute approximate surface area is 192 Å². The van der Waals surface area contributed by atoms with Crippen molar-refractivity contribution in [3.8, 4) is 0 Å². The van der Waals surface area contributed by atoms with Crippen LogP contribution in [-0.2, 0) is 0 Å². The highest BCUT2D eigenvalue weighted by molar-refractivity contribution is 5.19. The molecule has 0 aromatic rings. The standard InChI is InChI=1S/C30H50O/c1-19(2)20-17-24-27(5,18-20)13-9-22-29(7)14-10-21-26(3,4)25(31)12-16-28(21,6)23(29)11-15-30(22,24)8/h20-25,31H,1,9-18H2,2-8H3/t20-,21+,22-,23+,24-,25-,27-,28-,29-,30+/m0/s1. The Kier molecular flexibility index (Phi) is 4.82. The van der Waals surface area contributed by atoms with Gasteiger partial charge in [0.05, 0.1) is 6.10 Å². The van der Waals surface area contributed by atoms with Gasteiger partial charge in [-0.15, -0.1) is 0 Å². The molecule has 0 saturated heterocycles. The van der Waals surface area contributed by atoms with Crippen LogP contribution in [0.3, 0.4) is 0 Å². The molecule has 0 unspecified atom stereocenters. The van der Waals surface area contributed by atoms with Gasteiger partial charge in [-0.25, -0.2) is 0 Å². The Hall–Kier alpha value is -0.300. The summed E-state index contributed by atoms with van der Waals surface area (Å²) >= 11 is 0. The smallest absolute Gasteiger partial charge is 0.0594 e. The van der Waals surface area contributed by atoms with Crippen molar-refractivity contribution in [2.45, 2.75) is 119 Å². The minimum absolute atomic E-state index is 0.0698. The fourth-order valence-electron chi connectivity index (χ4n) is 11.7. The summed E-state index contributed by atoms with van der Waals surface area (Å²) in [4.78, 5) is 0. The van der Waals surface area contributed by atoms with Crippen LogP contribution >= 0.6 is 0 Å². The topological polar surface area (TPSA) is 20.2 Å². The number of fused-ring (bicyclic) bond motifs is 7. The highest BCUT2D eigenvalue weighted by atomic mass is 16.3. The molecule has 0 amide bonds. The van der Waals surface area contributed by atoms with E-state index in [4.69, 9.17) is 0 Å². The maximum Gasteiger partial charge on any atom is 0.0594 e. The van der Waals surface area contributed by atoms with E-state index in [9.17, 15) is 5.11 Å². The molecule has 5 aliphatic carbocycles. The third-order valence-electron chi connectivity index (χ3n) is 13.2. The molecule has 176 valence electrons. The molecule has 31 heavy (non-hydrogen) atoms. The van der Waals surface area contributed by atoms with Gasteiger partial charge in [0, 0.05) is 0 Å². The molecule has 5 saturated carbocycles. The average Bonchev–Trinajstić information content (AvgIpc) is 3.04. The van der Waals surface area contributed by atoms with E-state index in [0.717, 1.165) is 30.1 Å². The van der Waals surface area contributed by atoms with Gasteiger partial charge in [-0.2, -0.15) is 0 Å². The van der Waals surface area contributed by atoms with Crippen LogP contribution in [0, 0.1) is 56.7 Å². The maximum absolute atomic E-state index is 10.9. The van der Waals surface area contributed by atoms with Crippen LogP contribution in [0.25, 0.3) is 0 Å². The molecule has 0 spiro atoms. The lowest BCUT2D eigenvalue weighted by atomic mass is 9.34. The zero-order chi connectivity index (χ0) is 22.6. The second-order valence-electron chi connectivity index (χ2n) is 14.9. The predicted octanol–water partition coefficient (Wildman–Crippen LogP) is 8.02. The van der Waals surface area contributed by atoms with E-state index < -0.39 is 0 Å². The molecule has 1 heteroatoms. The van der Waals surface area contributed by atoms with Crippen molar-refractivity contribution < 1.29 is 5.11 Å². The molecule has 1 nitrogen and oxygen atoms in total. The summed E-state index contributed by atoms with van der Waals surface area (Å²) in [6, 6.07) is 0. The van der Waals surface area contributed by atoms with Crippen molar-refractivity contribution in [3.63, 3.8) is 0 Å². The summed E-state index contributed by atoms with van der Waals surface area (Å²) in [5.41, 5.74) is 3.45. The van der Waals surface area contributed by atoms with E-state index in [-0.39, 0.29) is 11.5 Å².